The van der Waals surface area contributed by atoms with Crippen LogP contribution < -0.4 is 9.61 Å². The summed E-state index contributed by atoms with van der Waals surface area (Å²) in [7, 11) is -3.49. The molecule has 2 rings (SSSR count). The van der Waals surface area contributed by atoms with Crippen molar-refractivity contribution in [3.63, 3.8) is 0 Å². The summed E-state index contributed by atoms with van der Waals surface area (Å²) >= 11 is 0. The van der Waals surface area contributed by atoms with Gasteiger partial charge in [-0.15, -0.1) is 0 Å². The molecule has 0 aliphatic carbocycles. The zero-order chi connectivity index (χ0) is 31.6. The summed E-state index contributed by atoms with van der Waals surface area (Å²) in [6, 6.07) is 6.42. The number of benzene rings is 1. The first-order valence-electron chi connectivity index (χ1n) is 13.0. The van der Waals surface area contributed by atoms with Crippen molar-refractivity contribution in [2.24, 2.45) is 0 Å². The first kappa shape index (κ1) is 35.1. The van der Waals surface area contributed by atoms with Crippen LogP contribution in [-0.4, -0.2) is 86.6 Å². The molecule has 14 nitrogen and oxygen atoms in total. The minimum atomic E-state index is -4.69. The molecule has 1 saturated heterocycles. The minimum Gasteiger partial charge on any atom is -0.462 e. The monoisotopic (exact) mass is 621 g/mol. The number of halogens is 1. The van der Waals surface area contributed by atoms with E-state index >= 15 is 4.39 Å². The van der Waals surface area contributed by atoms with Crippen molar-refractivity contribution < 1.29 is 65.6 Å². The van der Waals surface area contributed by atoms with Gasteiger partial charge in [-0.3, -0.25) is 23.7 Å². The highest BCUT2D eigenvalue weighted by molar-refractivity contribution is 7.52. The number of ether oxygens (including phenoxy) is 6. The lowest BCUT2D eigenvalue weighted by Crippen LogP contribution is -2.64. The maximum absolute atomic E-state index is 15.4. The highest BCUT2D eigenvalue weighted by Gasteiger charge is 2.56. The van der Waals surface area contributed by atoms with Gasteiger partial charge in [0.25, 0.3) is 0 Å². The second kappa shape index (κ2) is 15.9. The Bertz CT molecular complexity index is 1120. The minimum absolute atomic E-state index is 0.0335. The molecule has 1 N–H and O–H groups in total. The van der Waals surface area contributed by atoms with E-state index in [1.54, 1.807) is 32.0 Å². The summed E-state index contributed by atoms with van der Waals surface area (Å²) in [4.78, 5) is 48.7. The lowest BCUT2D eigenvalue weighted by Gasteiger charge is -2.45. The maximum atomic E-state index is 15.4. The number of hydrogen-bond donors (Lipinski definition) is 1. The van der Waals surface area contributed by atoms with E-state index in [0.29, 0.717) is 0 Å². The van der Waals surface area contributed by atoms with Gasteiger partial charge in [0.1, 0.15) is 17.9 Å². The van der Waals surface area contributed by atoms with Crippen molar-refractivity contribution in [1.29, 1.82) is 0 Å². The summed E-state index contributed by atoms with van der Waals surface area (Å²) in [6.07, 6.45) is -11.3. The molecular formula is C26H37FNO13P. The Kier molecular flexibility index (Phi) is 13.3. The fourth-order valence-electron chi connectivity index (χ4n) is 3.89. The number of carbonyl (C=O) groups is 4. The van der Waals surface area contributed by atoms with Crippen LogP contribution in [0.25, 0.3) is 0 Å². The Balaban J connectivity index is 2.60. The van der Waals surface area contributed by atoms with Gasteiger partial charge in [-0.25, -0.2) is 8.96 Å². The topological polar surface area (TPSA) is 171 Å². The number of esters is 4. The quantitative estimate of drug-likeness (QED) is 0.183. The predicted octanol–water partition coefficient (Wildman–Crippen LogP) is 2.62. The molecule has 0 saturated carbocycles. The largest absolute Gasteiger partial charge is 0.462 e. The summed E-state index contributed by atoms with van der Waals surface area (Å²) in [5, 5.41) is 2.44. The average Bonchev–Trinajstić information content (AvgIpc) is 2.86. The van der Waals surface area contributed by atoms with Gasteiger partial charge in [0.15, 0.2) is 24.5 Å². The maximum Gasteiger partial charge on any atom is 0.461 e. The molecule has 0 spiro atoms. The Hall–Kier alpha value is -3.10. The molecule has 1 aliphatic rings. The fourth-order valence-corrected chi connectivity index (χ4v) is 5.47. The molecule has 0 aromatic heterocycles. The molecule has 0 radical (unpaired) electrons. The Labute approximate surface area is 243 Å². The molecule has 236 valence electrons. The number of nitrogens with one attached hydrogen (secondary N) is 1. The SMILES string of the molecule is COC[C@H](F)C1OC(OP(=O)(N[C@@H](C)C(=O)OC(C)C)Oc2ccccc2)C(OC(C)=O)C(OC(C)=O)C1OC(C)=O. The summed E-state index contributed by atoms with van der Waals surface area (Å²) in [5.74, 6) is -3.51. The Morgan fingerprint density at radius 3 is 2.00 bits per heavy atom. The molecule has 8 atom stereocenters. The number of carbonyl (C=O) groups excluding carboxylic acids is 4. The third-order valence-electron chi connectivity index (χ3n) is 5.39. The van der Waals surface area contributed by atoms with E-state index in [9.17, 15) is 23.7 Å². The first-order valence-corrected chi connectivity index (χ1v) is 14.5. The smallest absolute Gasteiger partial charge is 0.461 e. The Morgan fingerprint density at radius 2 is 1.48 bits per heavy atom. The molecule has 0 bridgehead atoms. The van der Waals surface area contributed by atoms with Gasteiger partial charge in [0, 0.05) is 27.9 Å². The lowest BCUT2D eigenvalue weighted by atomic mass is 9.95. The second-order valence-electron chi connectivity index (χ2n) is 9.51. The highest BCUT2D eigenvalue weighted by atomic mass is 31.2. The van der Waals surface area contributed by atoms with Crippen molar-refractivity contribution in [1.82, 2.24) is 5.09 Å². The molecular weight excluding hydrogens is 584 g/mol. The van der Waals surface area contributed by atoms with Gasteiger partial charge < -0.3 is 32.9 Å². The molecule has 16 heteroatoms. The van der Waals surface area contributed by atoms with Crippen LogP contribution in [0.4, 0.5) is 4.39 Å². The molecule has 1 aromatic rings. The van der Waals surface area contributed by atoms with Gasteiger partial charge >= 0.3 is 31.6 Å². The Morgan fingerprint density at radius 1 is 0.929 bits per heavy atom. The van der Waals surface area contributed by atoms with Crippen molar-refractivity contribution >= 4 is 31.6 Å². The number of hydrogen-bond acceptors (Lipinski definition) is 13. The molecule has 1 heterocycles. The molecule has 42 heavy (non-hydrogen) atoms. The van der Waals surface area contributed by atoms with Crippen LogP contribution in [0.3, 0.4) is 0 Å². The van der Waals surface area contributed by atoms with Crippen LogP contribution >= 0.6 is 7.75 Å². The third-order valence-corrected chi connectivity index (χ3v) is 7.03. The van der Waals surface area contributed by atoms with Crippen molar-refractivity contribution in [3.8, 4) is 5.75 Å². The van der Waals surface area contributed by atoms with Gasteiger partial charge in [-0.2, -0.15) is 5.09 Å². The summed E-state index contributed by atoms with van der Waals surface area (Å²) < 4.78 is 72.5. The van der Waals surface area contributed by atoms with Crippen molar-refractivity contribution in [2.75, 3.05) is 13.7 Å². The van der Waals surface area contributed by atoms with Crippen molar-refractivity contribution in [2.45, 2.75) is 90.6 Å². The molecule has 1 fully saturated rings. The van der Waals surface area contributed by atoms with E-state index in [-0.39, 0.29) is 5.75 Å². The highest BCUT2D eigenvalue weighted by Crippen LogP contribution is 2.48. The number of para-hydroxylation sites is 1. The number of alkyl halides is 1. The number of methoxy groups -OCH3 is 1. The van der Waals surface area contributed by atoms with E-state index < -0.39 is 87.3 Å². The van der Waals surface area contributed by atoms with Crippen LogP contribution in [0.15, 0.2) is 30.3 Å². The van der Waals surface area contributed by atoms with Crippen LogP contribution in [0.2, 0.25) is 0 Å². The van der Waals surface area contributed by atoms with Crippen LogP contribution in [-0.2, 0) is 56.7 Å². The van der Waals surface area contributed by atoms with Crippen LogP contribution in [0.5, 0.6) is 5.75 Å². The summed E-state index contributed by atoms with van der Waals surface area (Å²) in [6.45, 7) is 7.06. The first-order chi connectivity index (χ1) is 19.7. The third kappa shape index (κ3) is 10.6. The van der Waals surface area contributed by atoms with Gasteiger partial charge in [0.05, 0.1) is 12.7 Å². The van der Waals surface area contributed by atoms with Gasteiger partial charge in [0.2, 0.25) is 6.29 Å². The van der Waals surface area contributed by atoms with E-state index in [1.165, 1.54) is 26.2 Å². The van der Waals surface area contributed by atoms with Crippen molar-refractivity contribution in [3.05, 3.63) is 30.3 Å². The van der Waals surface area contributed by atoms with Gasteiger partial charge in [-0.05, 0) is 32.9 Å². The molecule has 6 unspecified atom stereocenters. The normalized spacial score (nSPS) is 24.9. The molecule has 0 amide bonds. The van der Waals surface area contributed by atoms with Crippen LogP contribution in [0.1, 0.15) is 41.5 Å². The van der Waals surface area contributed by atoms with E-state index in [1.807, 2.05) is 0 Å². The van der Waals surface area contributed by atoms with Gasteiger partial charge in [-0.1, -0.05) is 18.2 Å². The van der Waals surface area contributed by atoms with E-state index in [2.05, 4.69) is 5.09 Å². The predicted molar refractivity (Wildman–Crippen MR) is 142 cm³/mol. The number of rotatable bonds is 14. The second-order valence-corrected chi connectivity index (χ2v) is 11.2. The fraction of sp³-hybridized carbons (Fsp3) is 0.615. The molecule has 1 aliphatic heterocycles. The molecule has 1 aromatic carbocycles. The zero-order valence-electron chi connectivity index (χ0n) is 24.3. The van der Waals surface area contributed by atoms with E-state index in [4.69, 9.17) is 37.5 Å². The van der Waals surface area contributed by atoms with Crippen LogP contribution in [0, 0.1) is 0 Å². The summed E-state index contributed by atoms with van der Waals surface area (Å²) in [5.41, 5.74) is 0. The standard InChI is InChI=1S/C26H37FNO13P/c1-14(2)35-25(32)15(3)28-42(33,40-19-11-9-8-10-12-19)41-26-24(38-18(6)31)23(37-17(5)30)22(36-16(4)29)21(39-26)20(27)13-34-7/h8-12,14-15,20-24,26H,13H2,1-7H3,(H,28,33)/t15-,20-,21?,22?,23?,24?,26?,42?/m0/s1. The van der Waals surface area contributed by atoms with E-state index in [0.717, 1.165) is 20.8 Å². The zero-order valence-corrected chi connectivity index (χ0v) is 25.2. The lowest BCUT2D eigenvalue weighted by molar-refractivity contribution is -0.295. The average molecular weight is 622 g/mol.